The maximum Gasteiger partial charge on any atom is 0.416 e. The number of methoxy groups -OCH3 is 1. The van der Waals surface area contributed by atoms with Crippen LogP contribution in [0.4, 0.5) is 18.9 Å². The highest BCUT2D eigenvalue weighted by molar-refractivity contribution is 5.81. The van der Waals surface area contributed by atoms with E-state index in [-0.39, 0.29) is 23.7 Å². The van der Waals surface area contributed by atoms with Crippen molar-refractivity contribution in [3.8, 4) is 5.75 Å². The van der Waals surface area contributed by atoms with Gasteiger partial charge in [-0.1, -0.05) is 18.2 Å². The number of aliphatic carboxylic acids is 1. The summed E-state index contributed by atoms with van der Waals surface area (Å²) < 4.78 is 52.2. The molecule has 244 valence electrons. The molecular formula is C34H42F3N3O5. The number of anilines is 1. The molecule has 2 aromatic carbocycles. The predicted octanol–water partition coefficient (Wildman–Crippen LogP) is 5.23. The molecule has 4 fully saturated rings. The molecule has 0 saturated carbocycles. The molecule has 0 aromatic heterocycles. The van der Waals surface area contributed by atoms with Gasteiger partial charge >= 0.3 is 12.1 Å². The number of halogens is 3. The van der Waals surface area contributed by atoms with E-state index in [1.54, 1.807) is 13.2 Å². The Balaban J connectivity index is 1.17. The number of benzene rings is 2. The molecule has 0 bridgehead atoms. The first-order valence-corrected chi connectivity index (χ1v) is 16.1. The zero-order valence-electron chi connectivity index (χ0n) is 25.7. The number of alkyl halides is 3. The second-order valence-electron chi connectivity index (χ2n) is 12.9. The SMILES string of the molecule is COc1ccc([C@@H]2CN(C3CCOC3)C[C@H]2C(=O)N2CCC(c3ccc(C(F)(F)F)cc3N3CCC(C(=O)O)CC3)CC2)cc1. The number of hydrogen-bond acceptors (Lipinski definition) is 6. The number of likely N-dealkylation sites (tertiary alicyclic amines) is 2. The smallest absolute Gasteiger partial charge is 0.416 e. The summed E-state index contributed by atoms with van der Waals surface area (Å²) in [6, 6.07) is 12.3. The van der Waals surface area contributed by atoms with Crippen LogP contribution in [0.25, 0.3) is 0 Å². The topological polar surface area (TPSA) is 82.6 Å². The van der Waals surface area contributed by atoms with Crippen molar-refractivity contribution in [2.45, 2.75) is 56.2 Å². The molecule has 11 heteroatoms. The van der Waals surface area contributed by atoms with Crippen molar-refractivity contribution in [2.24, 2.45) is 11.8 Å². The number of hydrogen-bond donors (Lipinski definition) is 1. The lowest BCUT2D eigenvalue weighted by Gasteiger charge is -2.38. The van der Waals surface area contributed by atoms with Crippen molar-refractivity contribution in [3.63, 3.8) is 0 Å². The fourth-order valence-electron chi connectivity index (χ4n) is 7.73. The molecule has 4 aliphatic rings. The lowest BCUT2D eigenvalue weighted by molar-refractivity contribution is -0.142. The van der Waals surface area contributed by atoms with Gasteiger partial charge in [-0.3, -0.25) is 14.5 Å². The number of carboxylic acids is 1. The van der Waals surface area contributed by atoms with Crippen LogP contribution in [-0.4, -0.2) is 92.4 Å². The maximum atomic E-state index is 14.1. The Morgan fingerprint density at radius 1 is 0.933 bits per heavy atom. The molecule has 45 heavy (non-hydrogen) atoms. The third kappa shape index (κ3) is 6.79. The van der Waals surface area contributed by atoms with Gasteiger partial charge in [0, 0.05) is 63.5 Å². The van der Waals surface area contributed by atoms with E-state index in [0.29, 0.717) is 76.7 Å². The lowest BCUT2D eigenvalue weighted by atomic mass is 9.84. The van der Waals surface area contributed by atoms with Gasteiger partial charge in [-0.2, -0.15) is 13.2 Å². The molecule has 0 aliphatic carbocycles. The Morgan fingerprint density at radius 2 is 1.64 bits per heavy atom. The Morgan fingerprint density at radius 3 is 2.24 bits per heavy atom. The predicted molar refractivity (Wildman–Crippen MR) is 163 cm³/mol. The van der Waals surface area contributed by atoms with Gasteiger partial charge in [0.2, 0.25) is 5.91 Å². The molecule has 4 aliphatic heterocycles. The molecule has 3 atom stereocenters. The summed E-state index contributed by atoms with van der Waals surface area (Å²) in [6.45, 7) is 4.79. The van der Waals surface area contributed by atoms with Crippen molar-refractivity contribution < 1.29 is 37.3 Å². The maximum absolute atomic E-state index is 14.1. The lowest BCUT2D eigenvalue weighted by Crippen LogP contribution is -2.44. The monoisotopic (exact) mass is 629 g/mol. The van der Waals surface area contributed by atoms with Crippen molar-refractivity contribution in [2.75, 3.05) is 64.5 Å². The average molecular weight is 630 g/mol. The summed E-state index contributed by atoms with van der Waals surface area (Å²) in [6.07, 6.45) is -1.38. The van der Waals surface area contributed by atoms with Crippen LogP contribution < -0.4 is 9.64 Å². The summed E-state index contributed by atoms with van der Waals surface area (Å²) in [4.78, 5) is 31.9. The zero-order chi connectivity index (χ0) is 31.7. The van der Waals surface area contributed by atoms with E-state index < -0.39 is 23.6 Å². The summed E-state index contributed by atoms with van der Waals surface area (Å²) in [5, 5.41) is 9.41. The number of carboxylic acid groups (broad SMARTS) is 1. The van der Waals surface area contributed by atoms with E-state index in [4.69, 9.17) is 9.47 Å². The molecule has 4 saturated heterocycles. The molecule has 1 unspecified atom stereocenters. The van der Waals surface area contributed by atoms with Crippen LogP contribution in [0.5, 0.6) is 5.75 Å². The van der Waals surface area contributed by atoms with Crippen molar-refractivity contribution in [1.29, 1.82) is 0 Å². The molecular weight excluding hydrogens is 587 g/mol. The third-order valence-corrected chi connectivity index (χ3v) is 10.4. The van der Waals surface area contributed by atoms with Gasteiger partial charge in [0.1, 0.15) is 5.75 Å². The third-order valence-electron chi connectivity index (χ3n) is 10.4. The fraction of sp³-hybridized carbons (Fsp3) is 0.588. The van der Waals surface area contributed by atoms with E-state index in [2.05, 4.69) is 17.0 Å². The van der Waals surface area contributed by atoms with Gasteiger partial charge in [0.15, 0.2) is 0 Å². The second kappa shape index (κ2) is 13.2. The second-order valence-corrected chi connectivity index (χ2v) is 12.9. The van der Waals surface area contributed by atoms with Gasteiger partial charge in [0.25, 0.3) is 0 Å². The van der Waals surface area contributed by atoms with Gasteiger partial charge in [-0.05, 0) is 73.4 Å². The number of carbonyl (C=O) groups is 2. The van der Waals surface area contributed by atoms with Gasteiger partial charge < -0.3 is 24.4 Å². The van der Waals surface area contributed by atoms with Crippen LogP contribution in [0.15, 0.2) is 42.5 Å². The number of nitrogens with zero attached hydrogens (tertiary/aromatic N) is 3. The summed E-state index contributed by atoms with van der Waals surface area (Å²) >= 11 is 0. The minimum atomic E-state index is -4.47. The molecule has 6 rings (SSSR count). The van der Waals surface area contributed by atoms with Crippen molar-refractivity contribution in [3.05, 3.63) is 59.2 Å². The van der Waals surface area contributed by atoms with Crippen LogP contribution in [0.2, 0.25) is 0 Å². The first-order valence-electron chi connectivity index (χ1n) is 16.1. The van der Waals surface area contributed by atoms with E-state index >= 15 is 0 Å². The Labute approximate surface area is 262 Å². The largest absolute Gasteiger partial charge is 0.497 e. The highest BCUT2D eigenvalue weighted by atomic mass is 19.4. The van der Waals surface area contributed by atoms with E-state index in [9.17, 15) is 27.9 Å². The molecule has 0 spiro atoms. The molecule has 4 heterocycles. The highest BCUT2D eigenvalue weighted by Crippen LogP contribution is 2.42. The number of amides is 1. The van der Waals surface area contributed by atoms with Gasteiger partial charge in [0.05, 0.1) is 31.1 Å². The Hall–Kier alpha value is -3.31. The van der Waals surface area contributed by atoms with Crippen LogP contribution in [0.1, 0.15) is 60.6 Å². The van der Waals surface area contributed by atoms with E-state index in [0.717, 1.165) is 42.5 Å². The zero-order valence-corrected chi connectivity index (χ0v) is 25.7. The highest BCUT2D eigenvalue weighted by Gasteiger charge is 2.44. The molecule has 2 aromatic rings. The number of piperidine rings is 2. The fourth-order valence-corrected chi connectivity index (χ4v) is 7.73. The Kier molecular flexibility index (Phi) is 9.29. The minimum Gasteiger partial charge on any atom is -0.497 e. The first kappa shape index (κ1) is 31.7. The normalized spacial score (nSPS) is 25.6. The summed E-state index contributed by atoms with van der Waals surface area (Å²) in [5.74, 6) is -0.539. The minimum absolute atomic E-state index is 0.0108. The number of rotatable bonds is 7. The van der Waals surface area contributed by atoms with Crippen molar-refractivity contribution in [1.82, 2.24) is 9.80 Å². The van der Waals surface area contributed by atoms with E-state index in [1.807, 2.05) is 21.9 Å². The number of ether oxygens (including phenoxy) is 2. The Bertz CT molecular complexity index is 1350. The van der Waals surface area contributed by atoms with Gasteiger partial charge in [-0.15, -0.1) is 0 Å². The van der Waals surface area contributed by atoms with Crippen LogP contribution in [-0.2, 0) is 20.5 Å². The van der Waals surface area contributed by atoms with Crippen LogP contribution in [0, 0.1) is 11.8 Å². The standard InChI is InChI=1S/C34H42F3N3O5/c1-44-27-5-2-22(3-6-27)29-19-40(26-12-17-45-21-26)20-30(29)32(41)39-15-8-23(9-16-39)28-7-4-25(34(35,36)37)18-31(28)38-13-10-24(11-14-38)33(42)43/h2-7,18,23-24,26,29-30H,8-17,19-21H2,1H3,(H,42,43)/t26?,29-,30+/m0/s1. The molecule has 8 nitrogen and oxygen atoms in total. The van der Waals surface area contributed by atoms with Crippen molar-refractivity contribution >= 4 is 17.6 Å². The first-order chi connectivity index (χ1) is 21.6. The quantitative estimate of drug-likeness (QED) is 0.450. The summed E-state index contributed by atoms with van der Waals surface area (Å²) in [7, 11) is 1.64. The molecule has 1 amide bonds. The molecule has 1 N–H and O–H groups in total. The van der Waals surface area contributed by atoms with E-state index in [1.165, 1.54) is 6.07 Å². The summed E-state index contributed by atoms with van der Waals surface area (Å²) in [5.41, 5.74) is 1.82. The van der Waals surface area contributed by atoms with Crippen LogP contribution in [0.3, 0.4) is 0 Å². The van der Waals surface area contributed by atoms with Crippen LogP contribution >= 0.6 is 0 Å². The van der Waals surface area contributed by atoms with Gasteiger partial charge in [-0.25, -0.2) is 0 Å². The average Bonchev–Trinajstić information content (AvgIpc) is 3.75. The number of carbonyl (C=O) groups excluding carboxylic acids is 1. The molecule has 0 radical (unpaired) electrons.